The van der Waals surface area contributed by atoms with Gasteiger partial charge in [-0.25, -0.2) is 0 Å². The summed E-state index contributed by atoms with van der Waals surface area (Å²) in [6.45, 7) is 2.05. The van der Waals surface area contributed by atoms with Crippen LogP contribution < -0.4 is 0 Å². The number of Topliss-reactive ketones (excluding diaryl/α,β-unsaturated/α-hetero) is 1. The average molecular weight is 318 g/mol. The zero-order valence-corrected chi connectivity index (χ0v) is 13.0. The normalized spacial score (nSPS) is 24.3. The number of nitrogens with zero attached hydrogens (tertiary/aromatic N) is 1. The highest BCUT2D eigenvalue weighted by Crippen LogP contribution is 2.59. The Morgan fingerprint density at radius 1 is 1.27 bits per heavy atom. The van der Waals surface area contributed by atoms with Crippen molar-refractivity contribution < 1.29 is 14.3 Å². The van der Waals surface area contributed by atoms with Crippen molar-refractivity contribution >= 4 is 29.6 Å². The number of allylic oxidation sites excluding steroid dienone is 1. The molecular formula is C17H16ClNO3. The van der Waals surface area contributed by atoms with E-state index in [0.29, 0.717) is 30.0 Å². The maximum absolute atomic E-state index is 13.1. The van der Waals surface area contributed by atoms with Crippen LogP contribution in [0, 0.1) is 5.41 Å². The number of ether oxygens (including phenoxy) is 1. The number of ketones is 1. The Morgan fingerprint density at radius 2 is 1.95 bits per heavy atom. The quantitative estimate of drug-likeness (QED) is 0.619. The van der Waals surface area contributed by atoms with Gasteiger partial charge >= 0.3 is 5.97 Å². The van der Waals surface area contributed by atoms with Gasteiger partial charge in [0.05, 0.1) is 6.61 Å². The first-order chi connectivity index (χ1) is 10.6. The second-order valence-electron chi connectivity index (χ2n) is 5.54. The van der Waals surface area contributed by atoms with Crippen molar-refractivity contribution in [2.45, 2.75) is 25.3 Å². The lowest BCUT2D eigenvalue weighted by Crippen LogP contribution is -2.47. The molecule has 5 heteroatoms. The minimum atomic E-state index is -1.19. The summed E-state index contributed by atoms with van der Waals surface area (Å²) in [6.07, 6.45) is 6.22. The topological polar surface area (TPSA) is 55.7 Å². The lowest BCUT2D eigenvalue weighted by molar-refractivity contribution is -0.151. The van der Waals surface area contributed by atoms with Crippen molar-refractivity contribution in [1.29, 1.82) is 0 Å². The molecule has 1 fully saturated rings. The molecule has 1 saturated carbocycles. The molecule has 0 aromatic heterocycles. The van der Waals surface area contributed by atoms with Crippen LogP contribution in [0.1, 0.15) is 30.1 Å². The number of esters is 1. The van der Waals surface area contributed by atoms with Crippen LogP contribution in [0.25, 0.3) is 0 Å². The summed E-state index contributed by atoms with van der Waals surface area (Å²) in [4.78, 5) is 29.8. The fourth-order valence-electron chi connectivity index (χ4n) is 2.98. The molecule has 0 amide bonds. The van der Waals surface area contributed by atoms with Gasteiger partial charge in [-0.2, -0.15) is 0 Å². The van der Waals surface area contributed by atoms with Gasteiger partial charge < -0.3 is 4.74 Å². The van der Waals surface area contributed by atoms with Crippen molar-refractivity contribution in [3.63, 3.8) is 0 Å². The fraction of sp³-hybridized carbons (Fsp3) is 0.353. The van der Waals surface area contributed by atoms with Gasteiger partial charge in [-0.3, -0.25) is 14.6 Å². The number of carbonyl (C=O) groups is 2. The summed E-state index contributed by atoms with van der Waals surface area (Å²) in [6, 6.07) is 6.65. The van der Waals surface area contributed by atoms with Crippen LogP contribution in [0.2, 0.25) is 5.02 Å². The maximum atomic E-state index is 13.1. The van der Waals surface area contributed by atoms with Gasteiger partial charge in [0, 0.05) is 16.8 Å². The smallest absolute Gasteiger partial charge is 0.315 e. The molecule has 0 radical (unpaired) electrons. The Hall–Kier alpha value is -1.94. The molecule has 1 atom stereocenters. The third-order valence-corrected chi connectivity index (χ3v) is 4.55. The van der Waals surface area contributed by atoms with Gasteiger partial charge in [0.15, 0.2) is 11.3 Å². The van der Waals surface area contributed by atoms with E-state index in [4.69, 9.17) is 16.3 Å². The Balaban J connectivity index is 2.01. The first-order valence-corrected chi connectivity index (χ1v) is 7.64. The van der Waals surface area contributed by atoms with Crippen LogP contribution in [0.15, 0.2) is 41.4 Å². The third-order valence-electron chi connectivity index (χ3n) is 4.30. The Kier molecular flexibility index (Phi) is 3.65. The molecule has 1 aromatic carbocycles. The standard InChI is InChI=1S/C17H16ClNO3/c1-2-22-15(21)16(9-10-16)17(8-3-11-19-17)14(20)12-4-6-13(18)7-5-12/h3-8,11H,2,9-10H2,1H3. The van der Waals surface area contributed by atoms with Crippen molar-refractivity contribution in [2.24, 2.45) is 10.4 Å². The number of halogens is 1. The predicted molar refractivity (Wildman–Crippen MR) is 84.4 cm³/mol. The molecule has 22 heavy (non-hydrogen) atoms. The molecule has 3 rings (SSSR count). The summed E-state index contributed by atoms with van der Waals surface area (Å²) < 4.78 is 5.19. The summed E-state index contributed by atoms with van der Waals surface area (Å²) in [5, 5.41) is 0.558. The largest absolute Gasteiger partial charge is 0.465 e. The van der Waals surface area contributed by atoms with E-state index in [0.717, 1.165) is 0 Å². The summed E-state index contributed by atoms with van der Waals surface area (Å²) in [7, 11) is 0. The first-order valence-electron chi connectivity index (χ1n) is 7.26. The van der Waals surface area contributed by atoms with E-state index < -0.39 is 11.0 Å². The summed E-state index contributed by atoms with van der Waals surface area (Å²) >= 11 is 5.88. The molecule has 1 aliphatic carbocycles. The highest BCUT2D eigenvalue weighted by molar-refractivity contribution is 6.30. The van der Waals surface area contributed by atoms with Gasteiger partial charge in [0.1, 0.15) is 5.41 Å². The molecule has 4 nitrogen and oxygen atoms in total. The van der Waals surface area contributed by atoms with Crippen molar-refractivity contribution in [3.05, 3.63) is 47.0 Å². The molecule has 1 aliphatic heterocycles. The second kappa shape index (κ2) is 5.36. The van der Waals surface area contributed by atoms with Crippen molar-refractivity contribution in [2.75, 3.05) is 6.61 Å². The van der Waals surface area contributed by atoms with Crippen LogP contribution in [0.5, 0.6) is 0 Å². The minimum Gasteiger partial charge on any atom is -0.465 e. The molecule has 0 spiro atoms. The second-order valence-corrected chi connectivity index (χ2v) is 5.98. The molecule has 0 saturated heterocycles. The number of benzene rings is 1. The van der Waals surface area contributed by atoms with E-state index in [1.807, 2.05) is 0 Å². The van der Waals surface area contributed by atoms with Crippen LogP contribution >= 0.6 is 11.6 Å². The van der Waals surface area contributed by atoms with E-state index in [1.165, 1.54) is 0 Å². The van der Waals surface area contributed by atoms with E-state index in [1.54, 1.807) is 49.6 Å². The molecular weight excluding hydrogens is 302 g/mol. The number of aliphatic imine (C=N–C) groups is 1. The highest BCUT2D eigenvalue weighted by atomic mass is 35.5. The van der Waals surface area contributed by atoms with Crippen LogP contribution in [0.4, 0.5) is 0 Å². The lowest BCUT2D eigenvalue weighted by atomic mass is 9.76. The lowest BCUT2D eigenvalue weighted by Gasteiger charge is -2.31. The van der Waals surface area contributed by atoms with Crippen molar-refractivity contribution in [3.8, 4) is 0 Å². The summed E-state index contributed by atoms with van der Waals surface area (Å²) in [5.74, 6) is -0.541. The predicted octanol–water partition coefficient (Wildman–Crippen LogP) is 3.25. The average Bonchev–Trinajstić information content (AvgIpc) is 3.19. The molecule has 1 aromatic rings. The fourth-order valence-corrected chi connectivity index (χ4v) is 3.10. The minimum absolute atomic E-state index is 0.195. The molecule has 114 valence electrons. The highest BCUT2D eigenvalue weighted by Gasteiger charge is 2.68. The van der Waals surface area contributed by atoms with E-state index in [9.17, 15) is 9.59 Å². The Bertz CT molecular complexity index is 660. The maximum Gasteiger partial charge on any atom is 0.315 e. The molecule has 1 unspecified atom stereocenters. The van der Waals surface area contributed by atoms with Gasteiger partial charge in [-0.05, 0) is 56.2 Å². The SMILES string of the molecule is CCOC(=O)C1(C2(C(=O)c3ccc(Cl)cc3)C=CC=N2)CC1. The van der Waals surface area contributed by atoms with Crippen LogP contribution in [-0.4, -0.2) is 30.1 Å². The molecule has 0 bridgehead atoms. The zero-order chi connectivity index (χ0) is 15.8. The molecule has 2 aliphatic rings. The number of hydrogen-bond donors (Lipinski definition) is 0. The number of hydrogen-bond acceptors (Lipinski definition) is 4. The third kappa shape index (κ3) is 2.10. The first kappa shape index (κ1) is 15.0. The number of rotatable bonds is 5. The van der Waals surface area contributed by atoms with E-state index in [2.05, 4.69) is 4.99 Å². The van der Waals surface area contributed by atoms with Crippen LogP contribution in [-0.2, 0) is 9.53 Å². The Labute approximate surface area is 133 Å². The summed E-state index contributed by atoms with van der Waals surface area (Å²) in [5.41, 5.74) is -1.57. The van der Waals surface area contributed by atoms with Gasteiger partial charge in [-0.1, -0.05) is 11.6 Å². The van der Waals surface area contributed by atoms with Crippen molar-refractivity contribution in [1.82, 2.24) is 0 Å². The molecule has 0 N–H and O–H groups in total. The Morgan fingerprint density at radius 3 is 2.45 bits per heavy atom. The van der Waals surface area contributed by atoms with Gasteiger partial charge in [0.25, 0.3) is 0 Å². The van der Waals surface area contributed by atoms with Crippen LogP contribution in [0.3, 0.4) is 0 Å². The van der Waals surface area contributed by atoms with Gasteiger partial charge in [0.2, 0.25) is 0 Å². The van der Waals surface area contributed by atoms with E-state index >= 15 is 0 Å². The zero-order valence-electron chi connectivity index (χ0n) is 12.2. The number of carbonyl (C=O) groups excluding carboxylic acids is 2. The monoisotopic (exact) mass is 317 g/mol. The molecule has 1 heterocycles. The van der Waals surface area contributed by atoms with Gasteiger partial charge in [-0.15, -0.1) is 0 Å². The van der Waals surface area contributed by atoms with E-state index in [-0.39, 0.29) is 11.8 Å².